The summed E-state index contributed by atoms with van der Waals surface area (Å²) in [5.74, 6) is 2.65. The molecule has 0 spiro atoms. The van der Waals surface area contributed by atoms with E-state index in [-0.39, 0.29) is 0 Å². The number of benzene rings is 1. The van der Waals surface area contributed by atoms with Crippen LogP contribution in [0.15, 0.2) is 18.2 Å². The second-order valence-electron chi connectivity index (χ2n) is 7.60. The number of halogens is 2. The molecule has 1 N–H and O–H groups in total. The average molecular weight is 326 g/mol. The van der Waals surface area contributed by atoms with E-state index >= 15 is 0 Å². The summed E-state index contributed by atoms with van der Waals surface area (Å²) in [6.45, 7) is 6.74. The molecular formula is C18H25Cl2N. The molecule has 0 radical (unpaired) electrons. The fourth-order valence-corrected chi connectivity index (χ4v) is 4.45. The van der Waals surface area contributed by atoms with Crippen LogP contribution in [-0.4, -0.2) is 13.1 Å². The van der Waals surface area contributed by atoms with Gasteiger partial charge in [-0.05, 0) is 79.2 Å². The maximum atomic E-state index is 6.39. The Hall–Kier alpha value is -0.240. The summed E-state index contributed by atoms with van der Waals surface area (Å²) in [4.78, 5) is 0. The van der Waals surface area contributed by atoms with Gasteiger partial charge in [-0.15, -0.1) is 0 Å². The highest BCUT2D eigenvalue weighted by Crippen LogP contribution is 2.60. The van der Waals surface area contributed by atoms with Crippen LogP contribution in [0.1, 0.15) is 38.7 Å². The van der Waals surface area contributed by atoms with Gasteiger partial charge in [0.1, 0.15) is 0 Å². The zero-order valence-electron chi connectivity index (χ0n) is 13.0. The predicted molar refractivity (Wildman–Crippen MR) is 91.1 cm³/mol. The first-order chi connectivity index (χ1) is 9.97. The molecule has 0 amide bonds. The minimum Gasteiger partial charge on any atom is -0.316 e. The van der Waals surface area contributed by atoms with Crippen LogP contribution < -0.4 is 5.32 Å². The predicted octanol–water partition coefficient (Wildman–Crippen LogP) is 5.20. The molecule has 0 aromatic heterocycles. The van der Waals surface area contributed by atoms with Crippen molar-refractivity contribution in [1.82, 2.24) is 5.32 Å². The van der Waals surface area contributed by atoms with Crippen LogP contribution in [0.4, 0.5) is 0 Å². The molecule has 0 bridgehead atoms. The molecule has 2 saturated carbocycles. The SMILES string of the molecule is CC(C)CNCC1(Cc2cc(Cl)ccc2Cl)CC2CC2C1. The lowest BCUT2D eigenvalue weighted by molar-refractivity contribution is 0.245. The van der Waals surface area contributed by atoms with Gasteiger partial charge in [-0.1, -0.05) is 37.0 Å². The summed E-state index contributed by atoms with van der Waals surface area (Å²) in [7, 11) is 0. The van der Waals surface area contributed by atoms with Gasteiger partial charge in [0.15, 0.2) is 0 Å². The van der Waals surface area contributed by atoms with Gasteiger partial charge in [0.2, 0.25) is 0 Å². The van der Waals surface area contributed by atoms with Gasteiger partial charge in [-0.25, -0.2) is 0 Å². The van der Waals surface area contributed by atoms with Crippen molar-refractivity contribution in [2.75, 3.05) is 13.1 Å². The molecule has 0 aliphatic heterocycles. The maximum absolute atomic E-state index is 6.39. The normalized spacial score (nSPS) is 30.7. The lowest BCUT2D eigenvalue weighted by Gasteiger charge is -2.32. The van der Waals surface area contributed by atoms with Crippen LogP contribution >= 0.6 is 23.2 Å². The van der Waals surface area contributed by atoms with E-state index in [9.17, 15) is 0 Å². The Kier molecular flexibility index (Phi) is 4.55. The van der Waals surface area contributed by atoms with Gasteiger partial charge >= 0.3 is 0 Å². The van der Waals surface area contributed by atoms with E-state index < -0.39 is 0 Å². The van der Waals surface area contributed by atoms with Gasteiger partial charge in [0.05, 0.1) is 0 Å². The van der Waals surface area contributed by atoms with Crippen molar-refractivity contribution in [2.24, 2.45) is 23.2 Å². The van der Waals surface area contributed by atoms with Crippen molar-refractivity contribution < 1.29 is 0 Å². The van der Waals surface area contributed by atoms with Crippen LogP contribution in [0.2, 0.25) is 10.0 Å². The highest BCUT2D eigenvalue weighted by molar-refractivity contribution is 6.33. The lowest BCUT2D eigenvalue weighted by atomic mass is 9.77. The third kappa shape index (κ3) is 3.75. The van der Waals surface area contributed by atoms with Gasteiger partial charge in [0, 0.05) is 16.6 Å². The first-order valence-corrected chi connectivity index (χ1v) is 8.88. The van der Waals surface area contributed by atoms with Gasteiger partial charge in [-0.3, -0.25) is 0 Å². The van der Waals surface area contributed by atoms with Crippen molar-refractivity contribution in [3.8, 4) is 0 Å². The van der Waals surface area contributed by atoms with E-state index in [0.717, 1.165) is 41.4 Å². The highest BCUT2D eigenvalue weighted by atomic mass is 35.5. The molecule has 1 aromatic rings. The van der Waals surface area contributed by atoms with Crippen LogP contribution in [0.3, 0.4) is 0 Å². The van der Waals surface area contributed by atoms with Crippen LogP contribution in [0.25, 0.3) is 0 Å². The summed E-state index contributed by atoms with van der Waals surface area (Å²) >= 11 is 12.5. The molecular weight excluding hydrogens is 301 g/mol. The summed E-state index contributed by atoms with van der Waals surface area (Å²) in [5.41, 5.74) is 1.60. The zero-order chi connectivity index (χ0) is 15.0. The van der Waals surface area contributed by atoms with E-state index in [0.29, 0.717) is 11.3 Å². The van der Waals surface area contributed by atoms with Crippen molar-refractivity contribution in [3.05, 3.63) is 33.8 Å². The third-order valence-electron chi connectivity index (χ3n) is 5.09. The van der Waals surface area contributed by atoms with E-state index in [1.54, 1.807) is 0 Å². The Labute approximate surface area is 138 Å². The number of rotatable bonds is 6. The first-order valence-electron chi connectivity index (χ1n) is 8.12. The molecule has 3 rings (SSSR count). The van der Waals surface area contributed by atoms with Crippen molar-refractivity contribution in [2.45, 2.75) is 39.5 Å². The smallest absolute Gasteiger partial charge is 0.0439 e. The Morgan fingerprint density at radius 3 is 2.62 bits per heavy atom. The van der Waals surface area contributed by atoms with Crippen molar-refractivity contribution in [1.29, 1.82) is 0 Å². The Morgan fingerprint density at radius 1 is 1.24 bits per heavy atom. The van der Waals surface area contributed by atoms with E-state index in [4.69, 9.17) is 23.2 Å². The summed E-state index contributed by atoms with van der Waals surface area (Å²) in [6, 6.07) is 5.87. The molecule has 2 aliphatic carbocycles. The minimum absolute atomic E-state index is 0.386. The largest absolute Gasteiger partial charge is 0.316 e. The fourth-order valence-electron chi connectivity index (χ4n) is 4.07. The van der Waals surface area contributed by atoms with Gasteiger partial charge < -0.3 is 5.32 Å². The number of hydrogen-bond acceptors (Lipinski definition) is 1. The Balaban J connectivity index is 1.72. The minimum atomic E-state index is 0.386. The van der Waals surface area contributed by atoms with Crippen molar-refractivity contribution >= 4 is 23.2 Å². The molecule has 2 fully saturated rings. The molecule has 3 heteroatoms. The van der Waals surface area contributed by atoms with Gasteiger partial charge in [-0.2, -0.15) is 0 Å². The standard InChI is InChI=1S/C18H25Cl2N/c1-12(2)10-21-11-18(7-13-5-14(13)8-18)9-15-6-16(19)3-4-17(15)20/h3-4,6,12-14,21H,5,7-11H2,1-2H3. The van der Waals surface area contributed by atoms with Crippen molar-refractivity contribution in [3.63, 3.8) is 0 Å². The van der Waals surface area contributed by atoms with Gasteiger partial charge in [0.25, 0.3) is 0 Å². The van der Waals surface area contributed by atoms with E-state index in [2.05, 4.69) is 25.2 Å². The summed E-state index contributed by atoms with van der Waals surface area (Å²) in [6.07, 6.45) is 5.22. The number of hydrogen-bond donors (Lipinski definition) is 1. The molecule has 1 aromatic carbocycles. The molecule has 0 heterocycles. The molecule has 1 nitrogen and oxygen atoms in total. The van der Waals surface area contributed by atoms with Crippen LogP contribution in [0.5, 0.6) is 0 Å². The second-order valence-corrected chi connectivity index (χ2v) is 8.45. The average Bonchev–Trinajstić information content (AvgIpc) is 3.02. The Morgan fingerprint density at radius 2 is 1.95 bits per heavy atom. The third-order valence-corrected chi connectivity index (χ3v) is 5.69. The lowest BCUT2D eigenvalue weighted by Crippen LogP contribution is -2.36. The topological polar surface area (TPSA) is 12.0 Å². The molecule has 0 saturated heterocycles. The van der Waals surface area contributed by atoms with E-state index in [1.807, 2.05) is 12.1 Å². The quantitative estimate of drug-likeness (QED) is 0.758. The molecule has 116 valence electrons. The maximum Gasteiger partial charge on any atom is 0.0439 e. The van der Waals surface area contributed by atoms with Crippen LogP contribution in [-0.2, 0) is 6.42 Å². The number of nitrogens with one attached hydrogen (secondary N) is 1. The fraction of sp³-hybridized carbons (Fsp3) is 0.667. The molecule has 2 atom stereocenters. The summed E-state index contributed by atoms with van der Waals surface area (Å²) < 4.78 is 0. The zero-order valence-corrected chi connectivity index (χ0v) is 14.5. The van der Waals surface area contributed by atoms with Crippen LogP contribution in [0, 0.1) is 23.2 Å². The Bertz CT molecular complexity index is 502. The monoisotopic (exact) mass is 325 g/mol. The molecule has 21 heavy (non-hydrogen) atoms. The van der Waals surface area contributed by atoms with E-state index in [1.165, 1.54) is 24.8 Å². The molecule has 2 aliphatic rings. The highest BCUT2D eigenvalue weighted by Gasteiger charge is 2.53. The first kappa shape index (κ1) is 15.6. The number of fused-ring (bicyclic) bond motifs is 1. The summed E-state index contributed by atoms with van der Waals surface area (Å²) in [5, 5.41) is 5.35. The molecule has 2 unspecified atom stereocenters. The second kappa shape index (κ2) is 6.10.